The number of nitrogens with zero attached hydrogens (tertiary/aromatic N) is 2. The maximum absolute atomic E-state index is 6.15. The van der Waals surface area contributed by atoms with Crippen molar-refractivity contribution in [1.82, 2.24) is 4.98 Å². The molecule has 1 saturated heterocycles. The van der Waals surface area contributed by atoms with Gasteiger partial charge in [0, 0.05) is 23.8 Å². The van der Waals surface area contributed by atoms with Gasteiger partial charge in [0.1, 0.15) is 5.82 Å². The van der Waals surface area contributed by atoms with Crippen LogP contribution in [0.1, 0.15) is 12.8 Å². The smallest absolute Gasteiger partial charge is 0.142 e. The summed E-state index contributed by atoms with van der Waals surface area (Å²) in [6.07, 6.45) is 4.06. The zero-order valence-electron chi connectivity index (χ0n) is 8.09. The summed E-state index contributed by atoms with van der Waals surface area (Å²) in [6.45, 7) is 1.92. The summed E-state index contributed by atoms with van der Waals surface area (Å²) in [6, 6.07) is 2.01. The Morgan fingerprint density at radius 3 is 2.93 bits per heavy atom. The lowest BCUT2D eigenvalue weighted by molar-refractivity contribution is 0.579. The molecule has 2 heterocycles. The Labute approximate surface area is 111 Å². The summed E-state index contributed by atoms with van der Waals surface area (Å²) in [4.78, 5) is 6.64. The highest BCUT2D eigenvalue weighted by Crippen LogP contribution is 2.29. The van der Waals surface area contributed by atoms with Crippen LogP contribution in [-0.2, 0) is 0 Å². The maximum atomic E-state index is 6.15. The molecule has 1 aliphatic rings. The van der Waals surface area contributed by atoms with E-state index in [1.54, 1.807) is 0 Å². The summed E-state index contributed by atoms with van der Waals surface area (Å²) >= 11 is 13.1. The zero-order valence-corrected chi connectivity index (χ0v) is 12.0. The molecule has 0 amide bonds. The van der Waals surface area contributed by atoms with E-state index >= 15 is 0 Å². The SMILES string of the molecule is ClC1CCCN(c2ncc(Br)cc2Br)C1. The average Bonchev–Trinajstić information content (AvgIpc) is 2.17. The third-order valence-electron chi connectivity index (χ3n) is 2.45. The van der Waals surface area contributed by atoms with Gasteiger partial charge in [-0.3, -0.25) is 0 Å². The van der Waals surface area contributed by atoms with Crippen LogP contribution in [0.3, 0.4) is 0 Å². The molecule has 1 aromatic rings. The highest BCUT2D eigenvalue weighted by atomic mass is 79.9. The van der Waals surface area contributed by atoms with Crippen molar-refractivity contribution in [3.63, 3.8) is 0 Å². The number of hydrogen-bond donors (Lipinski definition) is 0. The van der Waals surface area contributed by atoms with Crippen LogP contribution in [0, 0.1) is 0 Å². The van der Waals surface area contributed by atoms with Crippen LogP contribution in [0.25, 0.3) is 0 Å². The van der Waals surface area contributed by atoms with Crippen LogP contribution in [0.2, 0.25) is 0 Å². The van der Waals surface area contributed by atoms with Crippen molar-refractivity contribution in [2.75, 3.05) is 18.0 Å². The number of halogens is 3. The second kappa shape index (κ2) is 5.02. The van der Waals surface area contributed by atoms with Crippen molar-refractivity contribution < 1.29 is 0 Å². The summed E-state index contributed by atoms with van der Waals surface area (Å²) in [7, 11) is 0. The van der Waals surface area contributed by atoms with Crippen molar-refractivity contribution in [3.05, 3.63) is 21.2 Å². The van der Waals surface area contributed by atoms with Crippen molar-refractivity contribution in [1.29, 1.82) is 0 Å². The minimum absolute atomic E-state index is 0.246. The van der Waals surface area contributed by atoms with Crippen molar-refractivity contribution in [2.45, 2.75) is 18.2 Å². The van der Waals surface area contributed by atoms with Crippen LogP contribution in [-0.4, -0.2) is 23.5 Å². The fourth-order valence-electron chi connectivity index (χ4n) is 1.76. The monoisotopic (exact) mass is 352 g/mol. The van der Waals surface area contributed by atoms with Gasteiger partial charge in [0.25, 0.3) is 0 Å². The molecule has 1 aromatic heterocycles. The number of hydrogen-bond acceptors (Lipinski definition) is 2. The van der Waals surface area contributed by atoms with E-state index in [1.807, 2.05) is 12.3 Å². The van der Waals surface area contributed by atoms with Crippen LogP contribution in [0.5, 0.6) is 0 Å². The Hall–Kier alpha value is 0.200. The molecule has 1 atom stereocenters. The molecule has 0 bridgehead atoms. The molecule has 1 fully saturated rings. The van der Waals surface area contributed by atoms with Crippen molar-refractivity contribution >= 4 is 49.3 Å². The Bertz CT molecular complexity index is 359. The van der Waals surface area contributed by atoms with Gasteiger partial charge in [-0.15, -0.1) is 11.6 Å². The first-order chi connectivity index (χ1) is 7.16. The lowest BCUT2D eigenvalue weighted by Crippen LogP contribution is -2.36. The molecule has 15 heavy (non-hydrogen) atoms. The van der Waals surface area contributed by atoms with Crippen LogP contribution < -0.4 is 4.90 Å². The van der Waals surface area contributed by atoms with Gasteiger partial charge in [-0.1, -0.05) is 0 Å². The molecule has 0 aliphatic carbocycles. The van der Waals surface area contributed by atoms with Gasteiger partial charge in [0.05, 0.1) is 9.85 Å². The van der Waals surface area contributed by atoms with E-state index in [0.29, 0.717) is 0 Å². The number of rotatable bonds is 1. The number of alkyl halides is 1. The minimum Gasteiger partial charge on any atom is -0.354 e. The van der Waals surface area contributed by atoms with Gasteiger partial charge in [0.2, 0.25) is 0 Å². The largest absolute Gasteiger partial charge is 0.354 e. The van der Waals surface area contributed by atoms with E-state index in [0.717, 1.165) is 40.7 Å². The summed E-state index contributed by atoms with van der Waals surface area (Å²) in [5.74, 6) is 0.989. The van der Waals surface area contributed by atoms with E-state index in [1.165, 1.54) is 0 Å². The highest BCUT2D eigenvalue weighted by molar-refractivity contribution is 9.11. The van der Waals surface area contributed by atoms with Crippen molar-refractivity contribution in [3.8, 4) is 0 Å². The summed E-state index contributed by atoms with van der Waals surface area (Å²) < 4.78 is 2.00. The first-order valence-corrected chi connectivity index (χ1v) is 6.89. The molecule has 82 valence electrons. The topological polar surface area (TPSA) is 16.1 Å². The maximum Gasteiger partial charge on any atom is 0.142 e. The average molecular weight is 354 g/mol. The second-order valence-electron chi connectivity index (χ2n) is 3.64. The van der Waals surface area contributed by atoms with Crippen LogP contribution in [0.15, 0.2) is 21.2 Å². The van der Waals surface area contributed by atoms with Crippen LogP contribution in [0.4, 0.5) is 5.82 Å². The standard InChI is InChI=1S/C10H11Br2ClN2/c11-7-4-9(12)10(14-5-7)15-3-1-2-8(13)6-15/h4-5,8H,1-3,6H2. The minimum atomic E-state index is 0.246. The molecular weight excluding hydrogens is 343 g/mol. The molecular formula is C10H11Br2ClN2. The third kappa shape index (κ3) is 2.86. The first-order valence-electron chi connectivity index (χ1n) is 4.87. The van der Waals surface area contributed by atoms with Crippen molar-refractivity contribution in [2.24, 2.45) is 0 Å². The Morgan fingerprint density at radius 1 is 1.47 bits per heavy atom. The lowest BCUT2D eigenvalue weighted by atomic mass is 10.1. The zero-order chi connectivity index (χ0) is 10.8. The summed E-state index contributed by atoms with van der Waals surface area (Å²) in [5.41, 5.74) is 0. The predicted octanol–water partition coefficient (Wildman–Crippen LogP) is 3.81. The molecule has 0 radical (unpaired) electrons. The van der Waals surface area contributed by atoms with E-state index in [4.69, 9.17) is 11.6 Å². The molecule has 0 spiro atoms. The van der Waals surface area contributed by atoms with Crippen LogP contribution >= 0.6 is 43.5 Å². The highest BCUT2D eigenvalue weighted by Gasteiger charge is 2.20. The van der Waals surface area contributed by atoms with E-state index < -0.39 is 0 Å². The van der Waals surface area contributed by atoms with Gasteiger partial charge in [-0.05, 0) is 50.8 Å². The molecule has 2 rings (SSSR count). The first kappa shape index (κ1) is 11.7. The Balaban J connectivity index is 2.21. The molecule has 1 aliphatic heterocycles. The predicted molar refractivity (Wildman–Crippen MR) is 70.7 cm³/mol. The number of pyridine rings is 1. The number of anilines is 1. The fourth-order valence-corrected chi connectivity index (χ4v) is 3.32. The molecule has 0 aromatic carbocycles. The normalized spacial score (nSPS) is 21.8. The molecule has 1 unspecified atom stereocenters. The Morgan fingerprint density at radius 2 is 2.27 bits per heavy atom. The second-order valence-corrected chi connectivity index (χ2v) is 6.03. The number of piperidine rings is 1. The molecule has 5 heteroatoms. The quantitative estimate of drug-likeness (QED) is 0.713. The van der Waals surface area contributed by atoms with E-state index in [2.05, 4.69) is 41.7 Å². The van der Waals surface area contributed by atoms with Gasteiger partial charge in [0.15, 0.2) is 0 Å². The van der Waals surface area contributed by atoms with Gasteiger partial charge in [-0.25, -0.2) is 4.98 Å². The molecule has 2 nitrogen and oxygen atoms in total. The lowest BCUT2D eigenvalue weighted by Gasteiger charge is -2.31. The Kier molecular flexibility index (Phi) is 3.91. The molecule has 0 N–H and O–H groups in total. The number of aromatic nitrogens is 1. The van der Waals surface area contributed by atoms with E-state index in [-0.39, 0.29) is 5.38 Å². The van der Waals surface area contributed by atoms with Gasteiger partial charge < -0.3 is 4.90 Å². The molecule has 0 saturated carbocycles. The third-order valence-corrected chi connectivity index (χ3v) is 3.83. The fraction of sp³-hybridized carbons (Fsp3) is 0.500. The van der Waals surface area contributed by atoms with E-state index in [9.17, 15) is 0 Å². The summed E-state index contributed by atoms with van der Waals surface area (Å²) in [5, 5.41) is 0.246. The van der Waals surface area contributed by atoms with Gasteiger partial charge >= 0.3 is 0 Å². The van der Waals surface area contributed by atoms with Gasteiger partial charge in [-0.2, -0.15) is 0 Å².